The fourth-order valence-electron chi connectivity index (χ4n) is 1.56. The van der Waals surface area contributed by atoms with Gasteiger partial charge in [0.2, 0.25) is 0 Å². The van der Waals surface area contributed by atoms with Crippen molar-refractivity contribution in [3.8, 4) is 6.07 Å². The summed E-state index contributed by atoms with van der Waals surface area (Å²) in [4.78, 5) is 0. The van der Waals surface area contributed by atoms with Crippen LogP contribution in [0.25, 0.3) is 0 Å². The van der Waals surface area contributed by atoms with Crippen molar-refractivity contribution in [2.45, 2.75) is 6.54 Å². The minimum absolute atomic E-state index is 0.303. The third-order valence-electron chi connectivity index (χ3n) is 2.53. The smallest absolute Gasteiger partial charge is 0.146 e. The van der Waals surface area contributed by atoms with Gasteiger partial charge in [0.05, 0.1) is 17.3 Å². The van der Waals surface area contributed by atoms with Crippen LogP contribution in [0, 0.1) is 17.1 Å². The third kappa shape index (κ3) is 2.79. The summed E-state index contributed by atoms with van der Waals surface area (Å²) in [6.45, 7) is 0.408. The van der Waals surface area contributed by atoms with Gasteiger partial charge in [0.25, 0.3) is 0 Å². The van der Waals surface area contributed by atoms with Crippen LogP contribution in [0.4, 0.5) is 10.1 Å². The molecule has 4 heteroatoms. The number of para-hydroxylation sites is 1. The molecule has 0 saturated carbocycles. The Morgan fingerprint density at radius 1 is 1.22 bits per heavy atom. The van der Waals surface area contributed by atoms with Crippen molar-refractivity contribution in [3.63, 3.8) is 0 Å². The second-order valence-electron chi connectivity index (χ2n) is 3.75. The summed E-state index contributed by atoms with van der Waals surface area (Å²) in [5.74, 6) is -0.303. The zero-order valence-electron chi connectivity index (χ0n) is 9.45. The van der Waals surface area contributed by atoms with Gasteiger partial charge in [-0.3, -0.25) is 0 Å². The number of anilines is 1. The third-order valence-corrected chi connectivity index (χ3v) is 2.88. The molecule has 1 N–H and O–H groups in total. The zero-order chi connectivity index (χ0) is 13.0. The molecule has 0 aromatic heterocycles. The number of halogens is 2. The van der Waals surface area contributed by atoms with Gasteiger partial charge in [-0.05, 0) is 29.8 Å². The molecule has 0 bridgehead atoms. The van der Waals surface area contributed by atoms with E-state index in [-0.39, 0.29) is 5.82 Å². The second-order valence-corrected chi connectivity index (χ2v) is 4.16. The standard InChI is InChI=1S/C14H10ClFN2/c15-12-7-10(8-17)5-6-11(12)9-18-14-4-2-1-3-13(14)16/h1-7,18H,9H2. The lowest BCUT2D eigenvalue weighted by Crippen LogP contribution is -2.02. The Morgan fingerprint density at radius 3 is 2.67 bits per heavy atom. The van der Waals surface area contributed by atoms with Gasteiger partial charge < -0.3 is 5.32 Å². The highest BCUT2D eigenvalue weighted by atomic mass is 35.5. The first-order valence-corrected chi connectivity index (χ1v) is 5.75. The van der Waals surface area contributed by atoms with Gasteiger partial charge in [0.15, 0.2) is 0 Å². The predicted molar refractivity (Wildman–Crippen MR) is 69.9 cm³/mol. The molecule has 18 heavy (non-hydrogen) atoms. The molecule has 90 valence electrons. The largest absolute Gasteiger partial charge is 0.379 e. The van der Waals surface area contributed by atoms with Gasteiger partial charge >= 0.3 is 0 Å². The van der Waals surface area contributed by atoms with Gasteiger partial charge in [-0.15, -0.1) is 0 Å². The molecule has 0 unspecified atom stereocenters. The van der Waals surface area contributed by atoms with E-state index in [1.54, 1.807) is 36.4 Å². The molecule has 2 rings (SSSR count). The van der Waals surface area contributed by atoms with Crippen LogP contribution in [-0.2, 0) is 6.54 Å². The lowest BCUT2D eigenvalue weighted by Gasteiger charge is -2.09. The Balaban J connectivity index is 2.12. The molecular weight excluding hydrogens is 251 g/mol. The van der Waals surface area contributed by atoms with Gasteiger partial charge in [-0.2, -0.15) is 5.26 Å². The van der Waals surface area contributed by atoms with Crippen molar-refractivity contribution in [1.82, 2.24) is 0 Å². The number of nitrogens with one attached hydrogen (secondary N) is 1. The van der Waals surface area contributed by atoms with Gasteiger partial charge in [0.1, 0.15) is 5.82 Å². The normalized spacial score (nSPS) is 9.83. The maximum absolute atomic E-state index is 13.4. The topological polar surface area (TPSA) is 35.8 Å². The second kappa shape index (κ2) is 5.52. The molecule has 0 spiro atoms. The van der Waals surface area contributed by atoms with Crippen LogP contribution >= 0.6 is 11.6 Å². The van der Waals surface area contributed by atoms with Crippen molar-refractivity contribution in [1.29, 1.82) is 5.26 Å². The summed E-state index contributed by atoms with van der Waals surface area (Å²) in [6.07, 6.45) is 0. The molecule has 0 radical (unpaired) electrons. The molecule has 2 aromatic rings. The molecule has 0 atom stereocenters. The van der Waals surface area contributed by atoms with Crippen molar-refractivity contribution < 1.29 is 4.39 Å². The van der Waals surface area contributed by atoms with Crippen LogP contribution in [0.5, 0.6) is 0 Å². The molecule has 0 fully saturated rings. The number of nitriles is 1. The first kappa shape index (κ1) is 12.4. The molecule has 0 amide bonds. The lowest BCUT2D eigenvalue weighted by molar-refractivity contribution is 0.630. The molecule has 2 aromatic carbocycles. The van der Waals surface area contributed by atoms with Crippen LogP contribution in [0.1, 0.15) is 11.1 Å². The highest BCUT2D eigenvalue weighted by Gasteiger charge is 2.04. The molecule has 0 aliphatic heterocycles. The van der Waals surface area contributed by atoms with Crippen molar-refractivity contribution >= 4 is 17.3 Å². The highest BCUT2D eigenvalue weighted by molar-refractivity contribution is 6.31. The SMILES string of the molecule is N#Cc1ccc(CNc2ccccc2F)c(Cl)c1. The minimum Gasteiger partial charge on any atom is -0.379 e. The van der Waals surface area contributed by atoms with Gasteiger partial charge in [-0.1, -0.05) is 29.8 Å². The van der Waals surface area contributed by atoms with E-state index in [1.807, 2.05) is 6.07 Å². The summed E-state index contributed by atoms with van der Waals surface area (Å²) in [6, 6.07) is 13.5. The molecule has 2 nitrogen and oxygen atoms in total. The molecule has 0 aliphatic carbocycles. The highest BCUT2D eigenvalue weighted by Crippen LogP contribution is 2.20. The first-order chi connectivity index (χ1) is 8.70. The van der Waals surface area contributed by atoms with E-state index in [4.69, 9.17) is 16.9 Å². The van der Waals surface area contributed by atoms with Crippen molar-refractivity contribution in [2.75, 3.05) is 5.32 Å². The monoisotopic (exact) mass is 260 g/mol. The zero-order valence-corrected chi connectivity index (χ0v) is 10.2. The predicted octanol–water partition coefficient (Wildman–Crippen LogP) is 3.96. The summed E-state index contributed by atoms with van der Waals surface area (Å²) < 4.78 is 13.4. The van der Waals surface area contributed by atoms with E-state index in [2.05, 4.69) is 5.32 Å². The van der Waals surface area contributed by atoms with E-state index >= 15 is 0 Å². The van der Waals surface area contributed by atoms with E-state index in [1.165, 1.54) is 6.07 Å². The molecular formula is C14H10ClFN2. The molecule has 0 saturated heterocycles. The Morgan fingerprint density at radius 2 is 2.00 bits per heavy atom. The first-order valence-electron chi connectivity index (χ1n) is 5.37. The van der Waals surface area contributed by atoms with Crippen LogP contribution in [0.2, 0.25) is 5.02 Å². The van der Waals surface area contributed by atoms with E-state index in [0.717, 1.165) is 5.56 Å². The fraction of sp³-hybridized carbons (Fsp3) is 0.0714. The fourth-order valence-corrected chi connectivity index (χ4v) is 1.80. The number of benzene rings is 2. The Labute approximate surface area is 110 Å². The number of hydrogen-bond donors (Lipinski definition) is 1. The summed E-state index contributed by atoms with van der Waals surface area (Å²) in [5, 5.41) is 12.2. The van der Waals surface area contributed by atoms with Gasteiger partial charge in [-0.25, -0.2) is 4.39 Å². The minimum atomic E-state index is -0.303. The summed E-state index contributed by atoms with van der Waals surface area (Å²) >= 11 is 6.03. The van der Waals surface area contributed by atoms with Crippen LogP contribution < -0.4 is 5.32 Å². The maximum atomic E-state index is 13.4. The number of nitrogens with zero attached hydrogens (tertiary/aromatic N) is 1. The van der Waals surface area contributed by atoms with Crippen LogP contribution in [0.15, 0.2) is 42.5 Å². The average molecular weight is 261 g/mol. The molecule has 0 heterocycles. The van der Waals surface area contributed by atoms with Crippen LogP contribution in [-0.4, -0.2) is 0 Å². The number of hydrogen-bond acceptors (Lipinski definition) is 2. The summed E-state index contributed by atoms with van der Waals surface area (Å²) in [7, 11) is 0. The van der Waals surface area contributed by atoms with Crippen molar-refractivity contribution in [3.05, 3.63) is 64.4 Å². The maximum Gasteiger partial charge on any atom is 0.146 e. The lowest BCUT2D eigenvalue weighted by atomic mass is 10.1. The average Bonchev–Trinajstić information content (AvgIpc) is 2.39. The quantitative estimate of drug-likeness (QED) is 0.907. The summed E-state index contributed by atoms with van der Waals surface area (Å²) in [5.41, 5.74) is 1.76. The Bertz CT molecular complexity index is 605. The van der Waals surface area contributed by atoms with Crippen molar-refractivity contribution in [2.24, 2.45) is 0 Å². The van der Waals surface area contributed by atoms with E-state index in [9.17, 15) is 4.39 Å². The Hall–Kier alpha value is -2.05. The van der Waals surface area contributed by atoms with Gasteiger partial charge in [0, 0.05) is 11.6 Å². The van der Waals surface area contributed by atoms with E-state index < -0.39 is 0 Å². The van der Waals surface area contributed by atoms with Crippen LogP contribution in [0.3, 0.4) is 0 Å². The molecule has 0 aliphatic rings. The number of rotatable bonds is 3. The Kier molecular flexibility index (Phi) is 3.81. The van der Waals surface area contributed by atoms with E-state index in [0.29, 0.717) is 22.8 Å².